The van der Waals surface area contributed by atoms with Crippen molar-refractivity contribution in [3.05, 3.63) is 24.0 Å². The maximum Gasteiger partial charge on any atom is 0.319 e. The number of rotatable bonds is 2. The molecule has 0 saturated carbocycles. The summed E-state index contributed by atoms with van der Waals surface area (Å²) in [5.74, 6) is 0.236. The maximum atomic E-state index is 13.5. The van der Waals surface area contributed by atoms with Gasteiger partial charge in [0, 0.05) is 72.0 Å². The van der Waals surface area contributed by atoms with Gasteiger partial charge in [0.1, 0.15) is 5.69 Å². The van der Waals surface area contributed by atoms with Gasteiger partial charge in [-0.3, -0.25) is 9.59 Å². The highest BCUT2D eigenvalue weighted by atomic mass is 16.2. The Labute approximate surface area is 178 Å². The fourth-order valence-corrected chi connectivity index (χ4v) is 5.88. The van der Waals surface area contributed by atoms with Crippen molar-refractivity contribution in [2.24, 2.45) is 17.9 Å². The van der Waals surface area contributed by atoms with E-state index >= 15 is 0 Å². The van der Waals surface area contributed by atoms with E-state index in [0.717, 1.165) is 25.8 Å². The van der Waals surface area contributed by atoms with E-state index in [1.807, 2.05) is 51.6 Å². The van der Waals surface area contributed by atoms with E-state index in [9.17, 15) is 14.4 Å². The molecule has 30 heavy (non-hydrogen) atoms. The first-order valence-electron chi connectivity index (χ1n) is 10.9. The molecule has 3 fully saturated rings. The van der Waals surface area contributed by atoms with Crippen molar-refractivity contribution in [2.45, 2.75) is 26.2 Å². The lowest BCUT2D eigenvalue weighted by molar-refractivity contribution is -0.141. The third kappa shape index (κ3) is 2.91. The highest BCUT2D eigenvalue weighted by molar-refractivity contribution is 5.93. The van der Waals surface area contributed by atoms with Crippen LogP contribution in [-0.4, -0.2) is 95.4 Å². The van der Waals surface area contributed by atoms with E-state index in [1.165, 1.54) is 0 Å². The zero-order valence-corrected chi connectivity index (χ0v) is 18.6. The molecule has 4 rings (SSSR count). The lowest BCUT2D eigenvalue weighted by Crippen LogP contribution is -2.53. The number of amides is 4. The van der Waals surface area contributed by atoms with Crippen LogP contribution in [0.2, 0.25) is 0 Å². The fraction of sp³-hybridized carbons (Fsp3) is 0.682. The minimum atomic E-state index is -0.519. The quantitative estimate of drug-likeness (QED) is 0.735. The van der Waals surface area contributed by atoms with Crippen LogP contribution in [-0.2, 0) is 11.8 Å². The summed E-state index contributed by atoms with van der Waals surface area (Å²) in [5.41, 5.74) is -0.0926. The van der Waals surface area contributed by atoms with Gasteiger partial charge in [-0.15, -0.1) is 0 Å². The smallest absolute Gasteiger partial charge is 0.319 e. The van der Waals surface area contributed by atoms with Gasteiger partial charge in [-0.1, -0.05) is 0 Å². The lowest BCUT2D eigenvalue weighted by Gasteiger charge is -2.46. The molecule has 2 spiro atoms. The lowest BCUT2D eigenvalue weighted by atomic mass is 9.60. The molecule has 0 aromatic carbocycles. The first-order chi connectivity index (χ1) is 14.2. The van der Waals surface area contributed by atoms with Crippen LogP contribution in [0.3, 0.4) is 0 Å². The SMILES string of the molecule is CCN1CC[C@]2(CN(C(=O)N(C)C)CC23CCN(C(=O)c2cccn2C)CC3)C1=O. The number of nitrogens with zero attached hydrogens (tertiary/aromatic N) is 5. The number of piperidine rings is 1. The second kappa shape index (κ2) is 7.32. The van der Waals surface area contributed by atoms with Crippen LogP contribution < -0.4 is 0 Å². The molecule has 3 aliphatic rings. The molecule has 8 heteroatoms. The van der Waals surface area contributed by atoms with Gasteiger partial charge in [0.2, 0.25) is 5.91 Å². The monoisotopic (exact) mass is 415 g/mol. The Hall–Kier alpha value is -2.51. The van der Waals surface area contributed by atoms with Gasteiger partial charge in [-0.2, -0.15) is 0 Å². The number of hydrogen-bond donors (Lipinski definition) is 0. The Bertz CT molecular complexity index is 855. The largest absolute Gasteiger partial charge is 0.347 e. The van der Waals surface area contributed by atoms with E-state index < -0.39 is 5.41 Å². The molecule has 0 N–H and O–H groups in total. The van der Waals surface area contributed by atoms with Gasteiger partial charge in [-0.05, 0) is 38.3 Å². The summed E-state index contributed by atoms with van der Waals surface area (Å²) < 4.78 is 1.85. The van der Waals surface area contributed by atoms with Gasteiger partial charge in [0.15, 0.2) is 0 Å². The molecule has 0 aliphatic carbocycles. The van der Waals surface area contributed by atoms with Crippen LogP contribution in [0, 0.1) is 10.8 Å². The minimum absolute atomic E-state index is 0.0312. The van der Waals surface area contributed by atoms with E-state index in [2.05, 4.69) is 0 Å². The zero-order chi connectivity index (χ0) is 21.7. The molecule has 1 aromatic heterocycles. The average molecular weight is 416 g/mol. The minimum Gasteiger partial charge on any atom is -0.347 e. The first-order valence-corrected chi connectivity index (χ1v) is 10.9. The number of urea groups is 1. The fourth-order valence-electron chi connectivity index (χ4n) is 5.88. The first kappa shape index (κ1) is 20.8. The molecule has 8 nitrogen and oxygen atoms in total. The molecule has 3 saturated heterocycles. The molecule has 3 aliphatic heterocycles. The summed E-state index contributed by atoms with van der Waals surface area (Å²) >= 11 is 0. The summed E-state index contributed by atoms with van der Waals surface area (Å²) in [4.78, 5) is 46.6. The highest BCUT2D eigenvalue weighted by Gasteiger charge is 2.66. The molecule has 4 heterocycles. The van der Waals surface area contributed by atoms with Gasteiger partial charge in [0.25, 0.3) is 5.91 Å². The van der Waals surface area contributed by atoms with Crippen molar-refractivity contribution in [2.75, 3.05) is 53.4 Å². The second-order valence-electron chi connectivity index (χ2n) is 9.33. The van der Waals surface area contributed by atoms with Crippen molar-refractivity contribution in [1.29, 1.82) is 0 Å². The summed E-state index contributed by atoms with van der Waals surface area (Å²) in [6.07, 6.45) is 4.18. The Kier molecular flexibility index (Phi) is 5.06. The number of likely N-dealkylation sites (tertiary alicyclic amines) is 3. The molecule has 4 amide bonds. The van der Waals surface area contributed by atoms with Crippen molar-refractivity contribution < 1.29 is 14.4 Å². The Morgan fingerprint density at radius 3 is 2.30 bits per heavy atom. The van der Waals surface area contributed by atoms with Crippen molar-refractivity contribution in [3.63, 3.8) is 0 Å². The topological polar surface area (TPSA) is 69.1 Å². The van der Waals surface area contributed by atoms with Crippen LogP contribution >= 0.6 is 0 Å². The van der Waals surface area contributed by atoms with Crippen LogP contribution in [0.4, 0.5) is 4.79 Å². The molecule has 0 unspecified atom stereocenters. The molecule has 0 radical (unpaired) electrons. The average Bonchev–Trinajstić information content (AvgIpc) is 3.39. The van der Waals surface area contributed by atoms with E-state index in [-0.39, 0.29) is 23.3 Å². The molecule has 0 bridgehead atoms. The second-order valence-corrected chi connectivity index (χ2v) is 9.33. The van der Waals surface area contributed by atoms with Crippen LogP contribution in [0.1, 0.15) is 36.7 Å². The van der Waals surface area contributed by atoms with Crippen molar-refractivity contribution in [3.8, 4) is 0 Å². The summed E-state index contributed by atoms with van der Waals surface area (Å²) in [7, 11) is 5.40. The summed E-state index contributed by atoms with van der Waals surface area (Å²) in [5, 5.41) is 0. The van der Waals surface area contributed by atoms with E-state index in [4.69, 9.17) is 0 Å². The van der Waals surface area contributed by atoms with Gasteiger partial charge in [0.05, 0.1) is 5.41 Å². The highest BCUT2D eigenvalue weighted by Crippen LogP contribution is 2.58. The maximum absolute atomic E-state index is 13.5. The Morgan fingerprint density at radius 1 is 1.07 bits per heavy atom. The van der Waals surface area contributed by atoms with Crippen LogP contribution in [0.5, 0.6) is 0 Å². The summed E-state index contributed by atoms with van der Waals surface area (Å²) in [6, 6.07) is 3.70. The van der Waals surface area contributed by atoms with Gasteiger partial charge >= 0.3 is 6.03 Å². The molecular weight excluding hydrogens is 382 g/mol. The number of carbonyl (C=O) groups is 3. The molecule has 1 aromatic rings. The third-order valence-electron chi connectivity index (χ3n) is 7.68. The normalized spacial score (nSPS) is 25.6. The van der Waals surface area contributed by atoms with Crippen molar-refractivity contribution in [1.82, 2.24) is 24.2 Å². The Balaban J connectivity index is 1.59. The number of hydrogen-bond acceptors (Lipinski definition) is 3. The summed E-state index contributed by atoms with van der Waals surface area (Å²) in [6.45, 7) is 5.81. The zero-order valence-electron chi connectivity index (χ0n) is 18.6. The van der Waals surface area contributed by atoms with Gasteiger partial charge < -0.3 is 24.2 Å². The van der Waals surface area contributed by atoms with E-state index in [1.54, 1.807) is 19.0 Å². The third-order valence-corrected chi connectivity index (χ3v) is 7.68. The van der Waals surface area contributed by atoms with Crippen LogP contribution in [0.25, 0.3) is 0 Å². The van der Waals surface area contributed by atoms with E-state index in [0.29, 0.717) is 38.4 Å². The number of aromatic nitrogens is 1. The predicted octanol–water partition coefficient (Wildman–Crippen LogP) is 1.48. The molecule has 1 atom stereocenters. The Morgan fingerprint density at radius 2 is 1.77 bits per heavy atom. The predicted molar refractivity (Wildman–Crippen MR) is 113 cm³/mol. The number of carbonyl (C=O) groups excluding carboxylic acids is 3. The van der Waals surface area contributed by atoms with Gasteiger partial charge in [-0.25, -0.2) is 4.79 Å². The standard InChI is InChI=1S/C22H33N5O3/c1-5-25-14-10-22(19(25)29)16-27(20(30)23(2)3)15-21(22)8-12-26(13-9-21)18(28)17-7-6-11-24(17)4/h6-7,11H,5,8-10,12-16H2,1-4H3/t22-/m0/s1. The number of aryl methyl sites for hydroxylation is 1. The number of fused-ring (bicyclic) bond motifs is 1. The molecule has 164 valence electrons. The van der Waals surface area contributed by atoms with Crippen molar-refractivity contribution >= 4 is 17.8 Å². The van der Waals surface area contributed by atoms with Crippen LogP contribution in [0.15, 0.2) is 18.3 Å². The molecular formula is C22H33N5O3.